The van der Waals surface area contributed by atoms with E-state index in [2.05, 4.69) is 204 Å². The summed E-state index contributed by atoms with van der Waals surface area (Å²) in [6.45, 7) is 2.25. The second-order valence-corrected chi connectivity index (χ2v) is 16.3. The molecule has 0 atom stereocenters. The molecule has 0 aliphatic rings. The van der Waals surface area contributed by atoms with E-state index in [0.29, 0.717) is 0 Å². The maximum Gasteiger partial charge on any atom is 0.135 e. The van der Waals surface area contributed by atoms with Gasteiger partial charge in [-0.25, -0.2) is 0 Å². The Morgan fingerprint density at radius 3 is 1.70 bits per heavy atom. The van der Waals surface area contributed by atoms with E-state index in [1.54, 1.807) is 0 Å². The fraction of sp³-hybridized carbons (Fsp3) is 0.0690. The molecule has 3 aromatic heterocycles. The third-order valence-electron chi connectivity index (χ3n) is 12.7. The number of aryl methyl sites for hydroxylation is 1. The average Bonchev–Trinajstić information content (AvgIpc) is 3.98. The van der Waals surface area contributed by atoms with Gasteiger partial charge in [-0.2, -0.15) is 0 Å². The lowest BCUT2D eigenvalue weighted by Gasteiger charge is -2.15. The lowest BCUT2D eigenvalue weighted by atomic mass is 9.97. The van der Waals surface area contributed by atoms with Crippen LogP contribution < -0.4 is 0 Å². The van der Waals surface area contributed by atoms with Crippen LogP contribution in [0.2, 0.25) is 0 Å². The number of fused-ring (bicyclic) bond motifs is 9. The van der Waals surface area contributed by atoms with Gasteiger partial charge in [0.1, 0.15) is 11.2 Å². The molecular weight excluding hydrogens is 741 g/mol. The third kappa shape index (κ3) is 5.80. The maximum absolute atomic E-state index is 6.19. The van der Waals surface area contributed by atoms with Crippen molar-refractivity contribution in [3.05, 3.63) is 206 Å². The van der Waals surface area contributed by atoms with Crippen LogP contribution in [0.5, 0.6) is 0 Å². The largest absolute Gasteiger partial charge is 0.456 e. The molecule has 0 fully saturated rings. The predicted molar refractivity (Wildman–Crippen MR) is 257 cm³/mol. The van der Waals surface area contributed by atoms with Gasteiger partial charge in [0, 0.05) is 43.6 Å². The summed E-state index contributed by atoms with van der Waals surface area (Å²) in [6, 6.07) is 73.3. The Kier molecular flexibility index (Phi) is 8.28. The van der Waals surface area contributed by atoms with Crippen LogP contribution in [0.3, 0.4) is 0 Å². The standard InChI is InChI=1S/C58H42N2O/c1-2-3-13-38-14-12-15-41(34-38)39-24-26-40(27-25-39)45-16-4-8-20-52(45)60-54-22-10-6-18-47(54)50-36-43(29-32-56(50)60)42-28-31-55-49(35-42)46-17-5-9-21-53(46)59(55)44-30-33-58-51(37-44)48-19-7-11-23-57(48)61-58/h4-12,14-37H,2-3,13H2,1H3. The summed E-state index contributed by atoms with van der Waals surface area (Å²) in [5.41, 5.74) is 17.6. The molecule has 9 aromatic carbocycles. The fourth-order valence-electron chi connectivity index (χ4n) is 9.74. The van der Waals surface area contributed by atoms with Gasteiger partial charge in [0.25, 0.3) is 0 Å². The Bertz CT molecular complexity index is 3630. The topological polar surface area (TPSA) is 23.0 Å². The molecule has 61 heavy (non-hydrogen) atoms. The normalized spacial score (nSPS) is 11.9. The summed E-state index contributed by atoms with van der Waals surface area (Å²) in [5.74, 6) is 0. The van der Waals surface area contributed by atoms with E-state index in [0.717, 1.165) is 34.0 Å². The second kappa shape index (κ2) is 14.3. The highest BCUT2D eigenvalue weighted by Crippen LogP contribution is 2.41. The van der Waals surface area contributed by atoms with Crippen molar-refractivity contribution >= 4 is 65.6 Å². The molecule has 290 valence electrons. The molecule has 0 amide bonds. The average molecular weight is 783 g/mol. The molecule has 3 heterocycles. The summed E-state index contributed by atoms with van der Waals surface area (Å²) >= 11 is 0. The summed E-state index contributed by atoms with van der Waals surface area (Å²) < 4.78 is 11.0. The molecule has 0 saturated heterocycles. The quantitative estimate of drug-likeness (QED) is 0.151. The molecule has 0 saturated carbocycles. The first-order chi connectivity index (χ1) is 30.2. The first kappa shape index (κ1) is 35.3. The van der Waals surface area contributed by atoms with Gasteiger partial charge in [0.05, 0.1) is 27.8 Å². The van der Waals surface area contributed by atoms with Gasteiger partial charge >= 0.3 is 0 Å². The first-order valence-corrected chi connectivity index (χ1v) is 21.5. The number of benzene rings is 9. The number of nitrogens with zero attached hydrogens (tertiary/aromatic N) is 2. The van der Waals surface area contributed by atoms with Crippen LogP contribution in [0, 0.1) is 0 Å². The SMILES string of the molecule is CCCCc1cccc(-c2ccc(-c3ccccc3-n3c4ccccc4c4cc(-c5ccc6c(c5)c5ccccc5n6-c5ccc6oc7ccccc7c6c5)ccc43)cc2)c1. The highest BCUT2D eigenvalue weighted by molar-refractivity contribution is 6.13. The summed E-state index contributed by atoms with van der Waals surface area (Å²) in [5, 5.41) is 7.21. The van der Waals surface area contributed by atoms with E-state index in [1.165, 1.54) is 101 Å². The molecule has 3 heteroatoms. The van der Waals surface area contributed by atoms with Crippen molar-refractivity contribution in [1.29, 1.82) is 0 Å². The number of hydrogen-bond acceptors (Lipinski definition) is 1. The maximum atomic E-state index is 6.19. The molecule has 3 nitrogen and oxygen atoms in total. The zero-order valence-corrected chi connectivity index (χ0v) is 34.0. The Labute approximate surface area is 354 Å². The summed E-state index contributed by atoms with van der Waals surface area (Å²) in [4.78, 5) is 0. The number of hydrogen-bond donors (Lipinski definition) is 0. The summed E-state index contributed by atoms with van der Waals surface area (Å²) in [7, 11) is 0. The van der Waals surface area contributed by atoms with Gasteiger partial charge in [-0.3, -0.25) is 0 Å². The summed E-state index contributed by atoms with van der Waals surface area (Å²) in [6.07, 6.45) is 3.55. The van der Waals surface area contributed by atoms with Gasteiger partial charge in [0.15, 0.2) is 0 Å². The lowest BCUT2D eigenvalue weighted by Crippen LogP contribution is -1.97. The molecule has 0 unspecified atom stereocenters. The van der Waals surface area contributed by atoms with Crippen molar-refractivity contribution in [2.24, 2.45) is 0 Å². The van der Waals surface area contributed by atoms with Crippen molar-refractivity contribution in [3.63, 3.8) is 0 Å². The molecule has 0 spiro atoms. The van der Waals surface area contributed by atoms with E-state index in [1.807, 2.05) is 12.1 Å². The van der Waals surface area contributed by atoms with E-state index in [9.17, 15) is 0 Å². The number of aromatic nitrogens is 2. The second-order valence-electron chi connectivity index (χ2n) is 16.3. The lowest BCUT2D eigenvalue weighted by molar-refractivity contribution is 0.669. The van der Waals surface area contributed by atoms with Crippen LogP contribution in [-0.4, -0.2) is 9.13 Å². The number of furan rings is 1. The molecule has 0 N–H and O–H groups in total. The number of para-hydroxylation sites is 4. The molecular formula is C58H42N2O. The van der Waals surface area contributed by atoms with Crippen molar-refractivity contribution in [2.45, 2.75) is 26.2 Å². The minimum Gasteiger partial charge on any atom is -0.456 e. The van der Waals surface area contributed by atoms with Crippen molar-refractivity contribution < 1.29 is 4.42 Å². The zero-order valence-electron chi connectivity index (χ0n) is 34.0. The highest BCUT2D eigenvalue weighted by Gasteiger charge is 2.19. The molecule has 12 rings (SSSR count). The Balaban J connectivity index is 0.954. The van der Waals surface area contributed by atoms with Crippen LogP contribution in [0.1, 0.15) is 25.3 Å². The van der Waals surface area contributed by atoms with Gasteiger partial charge in [-0.05, 0) is 113 Å². The van der Waals surface area contributed by atoms with Gasteiger partial charge < -0.3 is 13.6 Å². The zero-order chi connectivity index (χ0) is 40.4. The Morgan fingerprint density at radius 1 is 0.377 bits per heavy atom. The van der Waals surface area contributed by atoms with E-state index < -0.39 is 0 Å². The van der Waals surface area contributed by atoms with Crippen LogP contribution in [0.4, 0.5) is 0 Å². The minimum absolute atomic E-state index is 0.904. The first-order valence-electron chi connectivity index (χ1n) is 21.5. The molecule has 0 radical (unpaired) electrons. The molecule has 0 aliphatic heterocycles. The van der Waals surface area contributed by atoms with Crippen molar-refractivity contribution in [1.82, 2.24) is 9.13 Å². The fourth-order valence-corrected chi connectivity index (χ4v) is 9.74. The van der Waals surface area contributed by atoms with Gasteiger partial charge in [-0.1, -0.05) is 147 Å². The van der Waals surface area contributed by atoms with Crippen LogP contribution in [0.25, 0.3) is 110 Å². The predicted octanol–water partition coefficient (Wildman–Crippen LogP) is 16.1. The van der Waals surface area contributed by atoms with E-state index >= 15 is 0 Å². The third-order valence-corrected chi connectivity index (χ3v) is 12.7. The molecule has 12 aromatic rings. The van der Waals surface area contributed by atoms with Gasteiger partial charge in [0.2, 0.25) is 0 Å². The Morgan fingerprint density at radius 2 is 0.951 bits per heavy atom. The van der Waals surface area contributed by atoms with Crippen molar-refractivity contribution in [2.75, 3.05) is 0 Å². The number of rotatable bonds is 8. The molecule has 0 bridgehead atoms. The Hall–Kier alpha value is -7.62. The van der Waals surface area contributed by atoms with Crippen LogP contribution in [0.15, 0.2) is 205 Å². The van der Waals surface area contributed by atoms with E-state index in [4.69, 9.17) is 4.42 Å². The van der Waals surface area contributed by atoms with Gasteiger partial charge in [-0.15, -0.1) is 0 Å². The monoisotopic (exact) mass is 782 g/mol. The van der Waals surface area contributed by atoms with E-state index in [-0.39, 0.29) is 0 Å². The number of unbranched alkanes of at least 4 members (excludes halogenated alkanes) is 1. The van der Waals surface area contributed by atoms with Crippen LogP contribution in [-0.2, 0) is 6.42 Å². The van der Waals surface area contributed by atoms with Crippen molar-refractivity contribution in [3.8, 4) is 44.8 Å². The van der Waals surface area contributed by atoms with Crippen LogP contribution >= 0.6 is 0 Å². The smallest absolute Gasteiger partial charge is 0.135 e. The highest BCUT2D eigenvalue weighted by atomic mass is 16.3. The minimum atomic E-state index is 0.904. The molecule has 0 aliphatic carbocycles.